The van der Waals surface area contributed by atoms with Gasteiger partial charge in [-0.3, -0.25) is 9.59 Å². The van der Waals surface area contributed by atoms with E-state index < -0.39 is 35.4 Å². The summed E-state index contributed by atoms with van der Waals surface area (Å²) >= 11 is 0. The molecule has 2 aromatic carbocycles. The lowest BCUT2D eigenvalue weighted by atomic mass is 10.1. The van der Waals surface area contributed by atoms with Crippen molar-refractivity contribution in [1.82, 2.24) is 5.32 Å². The van der Waals surface area contributed by atoms with Crippen LogP contribution in [0.4, 0.5) is 20.6 Å². The van der Waals surface area contributed by atoms with E-state index in [1.54, 1.807) is 45.0 Å². The van der Waals surface area contributed by atoms with Gasteiger partial charge in [0.1, 0.15) is 17.5 Å². The van der Waals surface area contributed by atoms with Gasteiger partial charge < -0.3 is 20.3 Å². The van der Waals surface area contributed by atoms with Crippen LogP contribution < -0.4 is 15.5 Å². The van der Waals surface area contributed by atoms with Crippen molar-refractivity contribution in [1.29, 1.82) is 0 Å². The zero-order valence-electron chi connectivity index (χ0n) is 16.4. The molecule has 0 saturated carbocycles. The molecule has 1 atom stereocenters. The summed E-state index contributed by atoms with van der Waals surface area (Å²) in [6.45, 7) is 5.01. The van der Waals surface area contributed by atoms with E-state index in [0.717, 1.165) is 0 Å². The van der Waals surface area contributed by atoms with E-state index >= 15 is 0 Å². The summed E-state index contributed by atoms with van der Waals surface area (Å²) in [5.41, 5.74) is 0.425. The van der Waals surface area contributed by atoms with Crippen molar-refractivity contribution in [3.63, 3.8) is 0 Å². The number of carbonyl (C=O) groups is 3. The van der Waals surface area contributed by atoms with Gasteiger partial charge in [0.05, 0.1) is 17.9 Å². The lowest BCUT2D eigenvalue weighted by molar-refractivity contribution is -0.117. The highest BCUT2D eigenvalue weighted by molar-refractivity contribution is 6.11. The van der Waals surface area contributed by atoms with Crippen molar-refractivity contribution < 1.29 is 23.5 Å². The van der Waals surface area contributed by atoms with Crippen molar-refractivity contribution >= 4 is 29.3 Å². The lowest BCUT2D eigenvalue weighted by Crippen LogP contribution is -2.51. The number of nitrogens with one attached hydrogen (secondary N) is 2. The predicted molar refractivity (Wildman–Crippen MR) is 106 cm³/mol. The van der Waals surface area contributed by atoms with Gasteiger partial charge in [-0.05, 0) is 57.2 Å². The quantitative estimate of drug-likeness (QED) is 0.811. The largest absolute Gasteiger partial charge is 0.444 e. The number of carbonyl (C=O) groups excluding carboxylic acids is 3. The number of benzene rings is 2. The minimum absolute atomic E-state index is 0.113. The molecular weight excluding hydrogens is 377 g/mol. The molecule has 3 rings (SSSR count). The molecule has 1 unspecified atom stereocenters. The number of alkyl carbamates (subject to hydrolysis) is 1. The molecule has 7 nitrogen and oxygen atoms in total. The van der Waals surface area contributed by atoms with Crippen molar-refractivity contribution in [2.45, 2.75) is 32.4 Å². The molecule has 2 aromatic rings. The van der Waals surface area contributed by atoms with Gasteiger partial charge in [0.15, 0.2) is 0 Å². The van der Waals surface area contributed by atoms with E-state index in [1.807, 2.05) is 0 Å². The van der Waals surface area contributed by atoms with E-state index in [0.29, 0.717) is 11.4 Å². The molecule has 1 aliphatic heterocycles. The molecule has 0 saturated heterocycles. The van der Waals surface area contributed by atoms with Gasteiger partial charge in [-0.25, -0.2) is 9.18 Å². The molecule has 0 spiro atoms. The Labute approximate surface area is 167 Å². The molecule has 29 heavy (non-hydrogen) atoms. The van der Waals surface area contributed by atoms with Crippen LogP contribution in [0, 0.1) is 5.82 Å². The average Bonchev–Trinajstić information content (AvgIpc) is 2.77. The summed E-state index contributed by atoms with van der Waals surface area (Å²) in [7, 11) is 0. The maximum Gasteiger partial charge on any atom is 0.408 e. The van der Waals surface area contributed by atoms with Crippen LogP contribution in [0.2, 0.25) is 0 Å². The normalized spacial score (nSPS) is 16.3. The zero-order chi connectivity index (χ0) is 21.2. The Bertz CT molecular complexity index is 938. The van der Waals surface area contributed by atoms with Gasteiger partial charge in [0.25, 0.3) is 5.91 Å². The smallest absolute Gasteiger partial charge is 0.408 e. The first-order valence-electron chi connectivity index (χ1n) is 9.11. The topological polar surface area (TPSA) is 87.7 Å². The molecule has 152 valence electrons. The van der Waals surface area contributed by atoms with Crippen LogP contribution in [-0.2, 0) is 9.53 Å². The standard InChI is InChI=1S/C21H22FN3O4/c1-21(2,3)29-20(28)24-16-12-25(19(27)13-8-10-14(22)11-9-13)17-7-5-4-6-15(17)23-18(16)26/h4-11,16H,12H2,1-3H3,(H,23,26)(H,24,28). The van der Waals surface area contributed by atoms with E-state index in [2.05, 4.69) is 10.6 Å². The van der Waals surface area contributed by atoms with Crippen LogP contribution in [-0.4, -0.2) is 36.1 Å². The Morgan fingerprint density at radius 3 is 2.45 bits per heavy atom. The number of rotatable bonds is 2. The van der Waals surface area contributed by atoms with Gasteiger partial charge in [0, 0.05) is 5.56 Å². The van der Waals surface area contributed by atoms with Gasteiger partial charge in [-0.1, -0.05) is 12.1 Å². The van der Waals surface area contributed by atoms with Crippen molar-refractivity contribution in [2.24, 2.45) is 0 Å². The van der Waals surface area contributed by atoms with Gasteiger partial charge >= 0.3 is 6.09 Å². The molecule has 0 fully saturated rings. The van der Waals surface area contributed by atoms with Crippen LogP contribution in [0.3, 0.4) is 0 Å². The molecule has 2 N–H and O–H groups in total. The maximum absolute atomic E-state index is 13.2. The second kappa shape index (κ2) is 7.90. The maximum atomic E-state index is 13.2. The Kier molecular flexibility index (Phi) is 5.54. The molecule has 3 amide bonds. The highest BCUT2D eigenvalue weighted by Gasteiger charge is 2.33. The average molecular weight is 399 g/mol. The van der Waals surface area contributed by atoms with E-state index in [1.165, 1.54) is 29.2 Å². The minimum atomic E-state index is -1.04. The monoisotopic (exact) mass is 399 g/mol. The molecule has 0 radical (unpaired) electrons. The SMILES string of the molecule is CC(C)(C)OC(=O)NC1CN(C(=O)c2ccc(F)cc2)c2ccccc2NC1=O. The summed E-state index contributed by atoms with van der Waals surface area (Å²) in [5.74, 6) is -1.36. The highest BCUT2D eigenvalue weighted by atomic mass is 19.1. The Morgan fingerprint density at radius 2 is 1.79 bits per heavy atom. The lowest BCUT2D eigenvalue weighted by Gasteiger charge is -2.26. The fourth-order valence-corrected chi connectivity index (χ4v) is 2.90. The van der Waals surface area contributed by atoms with Crippen molar-refractivity contribution in [3.05, 3.63) is 59.9 Å². The van der Waals surface area contributed by atoms with E-state index in [-0.39, 0.29) is 12.1 Å². The summed E-state index contributed by atoms with van der Waals surface area (Å²) in [6.07, 6.45) is -0.766. The molecule has 0 aromatic heterocycles. The summed E-state index contributed by atoms with van der Waals surface area (Å²) in [6, 6.07) is 10.9. The Morgan fingerprint density at radius 1 is 1.14 bits per heavy atom. The van der Waals surface area contributed by atoms with Crippen molar-refractivity contribution in [2.75, 3.05) is 16.8 Å². The third-order valence-electron chi connectivity index (χ3n) is 4.16. The molecule has 0 bridgehead atoms. The summed E-state index contributed by atoms with van der Waals surface area (Å²) in [4.78, 5) is 39.3. The number of hydrogen-bond acceptors (Lipinski definition) is 4. The number of ether oxygens (including phenoxy) is 1. The van der Waals surface area contributed by atoms with Gasteiger partial charge in [-0.2, -0.15) is 0 Å². The van der Waals surface area contributed by atoms with E-state index in [9.17, 15) is 18.8 Å². The molecular formula is C21H22FN3O4. The second-order valence-electron chi connectivity index (χ2n) is 7.63. The first-order valence-corrected chi connectivity index (χ1v) is 9.11. The fourth-order valence-electron chi connectivity index (χ4n) is 2.90. The number of para-hydroxylation sites is 2. The predicted octanol–water partition coefficient (Wildman–Crippen LogP) is 3.32. The minimum Gasteiger partial charge on any atom is -0.444 e. The van der Waals surface area contributed by atoms with Gasteiger partial charge in [-0.15, -0.1) is 0 Å². The highest BCUT2D eigenvalue weighted by Crippen LogP contribution is 2.30. The fraction of sp³-hybridized carbons (Fsp3) is 0.286. The Balaban J connectivity index is 1.92. The summed E-state index contributed by atoms with van der Waals surface area (Å²) in [5, 5.41) is 5.24. The van der Waals surface area contributed by atoms with Crippen LogP contribution in [0.5, 0.6) is 0 Å². The van der Waals surface area contributed by atoms with Crippen molar-refractivity contribution in [3.8, 4) is 0 Å². The molecule has 8 heteroatoms. The third-order valence-corrected chi connectivity index (χ3v) is 4.16. The summed E-state index contributed by atoms with van der Waals surface area (Å²) < 4.78 is 18.5. The first kappa shape index (κ1) is 20.3. The second-order valence-corrected chi connectivity index (χ2v) is 7.63. The number of anilines is 2. The number of halogens is 1. The number of hydrogen-bond donors (Lipinski definition) is 2. The third kappa shape index (κ3) is 4.90. The first-order chi connectivity index (χ1) is 13.6. The number of amides is 3. The van der Waals surface area contributed by atoms with Crippen LogP contribution in [0.1, 0.15) is 31.1 Å². The van der Waals surface area contributed by atoms with Crippen LogP contribution in [0.15, 0.2) is 48.5 Å². The van der Waals surface area contributed by atoms with Crippen LogP contribution in [0.25, 0.3) is 0 Å². The van der Waals surface area contributed by atoms with Crippen LogP contribution >= 0.6 is 0 Å². The number of fused-ring (bicyclic) bond motifs is 1. The number of nitrogens with zero attached hydrogens (tertiary/aromatic N) is 1. The molecule has 1 heterocycles. The van der Waals surface area contributed by atoms with E-state index in [4.69, 9.17) is 4.74 Å². The zero-order valence-corrected chi connectivity index (χ0v) is 16.4. The molecule has 0 aliphatic carbocycles. The molecule has 1 aliphatic rings. The van der Waals surface area contributed by atoms with Gasteiger partial charge in [0.2, 0.25) is 5.91 Å². The Hall–Kier alpha value is -3.42.